The van der Waals surface area contributed by atoms with Gasteiger partial charge in [0.2, 0.25) is 35.4 Å². The molecule has 36 heteroatoms. The number of amides is 7. The van der Waals surface area contributed by atoms with E-state index in [2.05, 4.69) is 26.6 Å². The maximum Gasteiger partial charge on any atom is 0.307 e. The lowest BCUT2D eigenvalue weighted by Crippen LogP contribution is -2.62. The predicted molar refractivity (Wildman–Crippen MR) is 358 cm³/mol. The average molecular weight is 1490 g/mol. The van der Waals surface area contributed by atoms with Crippen molar-refractivity contribution in [1.82, 2.24) is 36.4 Å². The second-order valence-electron chi connectivity index (χ2n) is 25.7. The number of carboxylic acids is 1. The summed E-state index contributed by atoms with van der Waals surface area (Å²) in [4.78, 5) is 191. The van der Waals surface area contributed by atoms with Gasteiger partial charge in [0, 0.05) is 158 Å². The lowest BCUT2D eigenvalue weighted by molar-refractivity contribution is -0.262. The van der Waals surface area contributed by atoms with Gasteiger partial charge in [0.25, 0.3) is 5.91 Å². The number of nitrogens with one attached hydrogen (secondary N) is 5. The fourth-order valence-corrected chi connectivity index (χ4v) is 11.9. The zero-order valence-corrected chi connectivity index (χ0v) is 62.0. The highest BCUT2D eigenvalue weighted by atomic mass is 16.7. The maximum atomic E-state index is 14.4. The van der Waals surface area contributed by atoms with Gasteiger partial charge in [-0.1, -0.05) is 27.7 Å². The van der Waals surface area contributed by atoms with Gasteiger partial charge in [-0.15, -0.1) is 0 Å². The standard InChI is InChI=1S/C68H109N7O29/c1-14-50(101-58(90)25-24-57(88)89)65(91)75(29-27-70-55(86)22-16-19-33-93-67-60(72-42(6)77)39(3)63(99-48(12)83)52(103-67)36-96-45(9)80)31-30-74(56(87)23-17-20-34-94-68-61(73-43(7)78)40(4)64(100-49(13)84)53(104-68)37-97-46(10)81)28-26-69-54(85)21-15-18-32-92-66-59(71-41(5)76)38(2)62(98-47(11)82)51(102-66)35-95-44(8)79/h38-40,50-53,59-64,66-68H,14-37H2,1-13H3,(H,69,85)(H,70,86)(H,71,76)(H,72,77)(H,73,78)(H,88,89)/t38-,39-,40-,50?,51?,52?,53?,59?,60?,61?,62-,63-,64-,66-,67-,68-/m1/s1. The Balaban J connectivity index is 1.81. The number of unbranched alkanes of at least 4 members (excludes halogenated alkanes) is 3. The molecule has 7 unspecified atom stereocenters. The molecule has 6 N–H and O–H groups in total. The van der Waals surface area contributed by atoms with Crippen molar-refractivity contribution in [2.24, 2.45) is 17.8 Å². The Labute approximate surface area is 605 Å². The van der Waals surface area contributed by atoms with Crippen LogP contribution in [0.3, 0.4) is 0 Å². The Morgan fingerprint density at radius 3 is 1.08 bits per heavy atom. The van der Waals surface area contributed by atoms with Crippen molar-refractivity contribution in [1.29, 1.82) is 0 Å². The van der Waals surface area contributed by atoms with E-state index in [1.807, 2.05) is 0 Å². The van der Waals surface area contributed by atoms with Crippen LogP contribution >= 0.6 is 0 Å². The number of hydrogen-bond donors (Lipinski definition) is 6. The molecule has 0 aromatic heterocycles. The number of hydrogen-bond acceptors (Lipinski definition) is 28. The highest BCUT2D eigenvalue weighted by Gasteiger charge is 2.50. The highest BCUT2D eigenvalue weighted by Crippen LogP contribution is 2.33. The third kappa shape index (κ3) is 33.7. The van der Waals surface area contributed by atoms with Crippen LogP contribution in [0.5, 0.6) is 0 Å². The number of nitrogens with zero attached hydrogens (tertiary/aromatic N) is 2. The smallest absolute Gasteiger partial charge is 0.307 e. The van der Waals surface area contributed by atoms with Gasteiger partial charge >= 0.3 is 47.8 Å². The zero-order valence-electron chi connectivity index (χ0n) is 62.0. The molecule has 0 radical (unpaired) electrons. The van der Waals surface area contributed by atoms with Crippen LogP contribution in [0.2, 0.25) is 0 Å². The summed E-state index contributed by atoms with van der Waals surface area (Å²) in [6, 6.07) is -2.41. The van der Waals surface area contributed by atoms with Gasteiger partial charge in [-0.2, -0.15) is 0 Å². The maximum absolute atomic E-state index is 14.4. The number of aliphatic carboxylic acids is 1. The van der Waals surface area contributed by atoms with Gasteiger partial charge in [-0.05, 0) is 44.9 Å². The van der Waals surface area contributed by atoms with Crippen LogP contribution in [0.25, 0.3) is 0 Å². The van der Waals surface area contributed by atoms with Crippen molar-refractivity contribution in [3.63, 3.8) is 0 Å². The summed E-state index contributed by atoms with van der Waals surface area (Å²) in [5.74, 6) is -10.9. The number of carbonyl (C=O) groups is 15. The largest absolute Gasteiger partial charge is 0.481 e. The number of esters is 7. The molecule has 36 nitrogen and oxygen atoms in total. The molecule has 3 heterocycles. The number of carboxylic acid groups (broad SMARTS) is 1. The van der Waals surface area contributed by atoms with Crippen molar-refractivity contribution < 1.29 is 139 Å². The summed E-state index contributed by atoms with van der Waals surface area (Å²) in [5.41, 5.74) is 0. The summed E-state index contributed by atoms with van der Waals surface area (Å²) >= 11 is 0. The van der Waals surface area contributed by atoms with Gasteiger partial charge in [-0.25, -0.2) is 0 Å². The minimum absolute atomic E-state index is 0.000798. The van der Waals surface area contributed by atoms with Crippen LogP contribution < -0.4 is 26.6 Å². The molecule has 0 saturated carbocycles. The first-order valence-electron chi connectivity index (χ1n) is 35.2. The Hall–Kier alpha value is -8.19. The Morgan fingerprint density at radius 2 is 0.760 bits per heavy atom. The van der Waals surface area contributed by atoms with E-state index in [0.29, 0.717) is 19.3 Å². The van der Waals surface area contributed by atoms with E-state index in [1.165, 1.54) is 72.1 Å². The normalized spacial score (nSPS) is 24.5. The molecule has 0 aromatic carbocycles. The molecule has 16 atom stereocenters. The minimum Gasteiger partial charge on any atom is -0.481 e. The van der Waals surface area contributed by atoms with Gasteiger partial charge < -0.3 is 103 Å². The molecule has 0 aliphatic carbocycles. The van der Waals surface area contributed by atoms with Crippen LogP contribution in [-0.4, -0.2) is 263 Å². The SMILES string of the molecule is CCC(OC(=O)CCC(=O)O)C(=O)N(CCNC(=O)CCCCO[C@@H]1OC(COC(C)=O)[C@H](OC(C)=O)[C@H](C)C1NC(C)=O)CCN(CCNC(=O)CCCCO[C@@H]1OC(COC(C)=O)[C@H](OC(C)=O)[C@H](C)C1NC(C)=O)C(=O)CCCCO[C@@H]1OC(COC(C)=O)[C@H](OC(C)=O)[C@H](C)C1NC(C)=O. The molecule has 3 aliphatic heterocycles. The van der Waals surface area contributed by atoms with Crippen LogP contribution in [0, 0.1) is 17.8 Å². The first kappa shape index (κ1) is 90.0. The van der Waals surface area contributed by atoms with Crippen LogP contribution in [-0.2, 0) is 133 Å². The molecular weight excluding hydrogens is 1380 g/mol. The minimum atomic E-state index is -1.40. The second kappa shape index (κ2) is 47.3. The molecule has 3 aliphatic rings. The fraction of sp³-hybridized carbons (Fsp3) is 0.779. The van der Waals surface area contributed by atoms with Crippen LogP contribution in [0.15, 0.2) is 0 Å². The van der Waals surface area contributed by atoms with Gasteiger partial charge in [-0.3, -0.25) is 71.9 Å². The topological polar surface area (TPSA) is 463 Å². The van der Waals surface area contributed by atoms with Gasteiger partial charge in [0.05, 0.1) is 31.0 Å². The molecule has 0 spiro atoms. The van der Waals surface area contributed by atoms with E-state index in [0.717, 1.165) is 0 Å². The third-order valence-corrected chi connectivity index (χ3v) is 16.9. The molecular formula is C68H109N7O29. The molecule has 0 bridgehead atoms. The molecule has 0 aromatic rings. The molecule has 590 valence electrons. The average Bonchev–Trinajstić information content (AvgIpc) is 0.809. The lowest BCUT2D eigenvalue weighted by atomic mass is 9.88. The predicted octanol–water partition coefficient (Wildman–Crippen LogP) is 0.705. The van der Waals surface area contributed by atoms with Gasteiger partial charge in [0.1, 0.15) is 56.4 Å². The highest BCUT2D eigenvalue weighted by molar-refractivity contribution is 5.85. The summed E-state index contributed by atoms with van der Waals surface area (Å²) in [7, 11) is 0. The van der Waals surface area contributed by atoms with E-state index in [9.17, 15) is 77.0 Å². The van der Waals surface area contributed by atoms with Crippen molar-refractivity contribution in [3.8, 4) is 0 Å². The number of carbonyl (C=O) groups excluding carboxylic acids is 14. The molecule has 3 rings (SSSR count). The summed E-state index contributed by atoms with van der Waals surface area (Å²) in [5, 5.41) is 23.2. The van der Waals surface area contributed by atoms with Crippen LogP contribution in [0.1, 0.15) is 167 Å². The van der Waals surface area contributed by atoms with Crippen molar-refractivity contribution in [2.75, 3.05) is 78.9 Å². The van der Waals surface area contributed by atoms with Crippen molar-refractivity contribution in [3.05, 3.63) is 0 Å². The summed E-state index contributed by atoms with van der Waals surface area (Å²) in [6.07, 6.45) is -9.84. The van der Waals surface area contributed by atoms with Crippen molar-refractivity contribution in [2.45, 2.75) is 247 Å². The zero-order chi connectivity index (χ0) is 77.8. The Morgan fingerprint density at radius 1 is 0.423 bits per heavy atom. The second-order valence-corrected chi connectivity index (χ2v) is 25.7. The molecule has 3 fully saturated rings. The number of ether oxygens (including phenoxy) is 13. The van der Waals surface area contributed by atoms with E-state index >= 15 is 0 Å². The van der Waals surface area contributed by atoms with Crippen LogP contribution in [0.4, 0.5) is 0 Å². The summed E-state index contributed by atoms with van der Waals surface area (Å²) < 4.78 is 74.2. The quantitative estimate of drug-likeness (QED) is 0.0278. The monoisotopic (exact) mass is 1490 g/mol. The summed E-state index contributed by atoms with van der Waals surface area (Å²) in [6.45, 7) is 16.2. The van der Waals surface area contributed by atoms with E-state index in [1.54, 1.807) is 27.7 Å². The molecule has 7 amide bonds. The fourth-order valence-electron chi connectivity index (χ4n) is 11.9. The third-order valence-electron chi connectivity index (χ3n) is 16.9. The molecule has 3 saturated heterocycles. The number of rotatable bonds is 45. The lowest BCUT2D eigenvalue weighted by Gasteiger charge is -2.44. The first-order chi connectivity index (χ1) is 49.1. The Kier molecular flexibility index (Phi) is 40.9. The van der Waals surface area contributed by atoms with Crippen molar-refractivity contribution >= 4 is 89.1 Å². The van der Waals surface area contributed by atoms with E-state index < -0.39 is 199 Å². The van der Waals surface area contributed by atoms with Gasteiger partial charge in [0.15, 0.2) is 25.0 Å². The Bertz CT molecular complexity index is 2860. The molecule has 104 heavy (non-hydrogen) atoms. The first-order valence-corrected chi connectivity index (χ1v) is 35.2. The van der Waals surface area contributed by atoms with E-state index in [4.69, 9.17) is 61.6 Å². The van der Waals surface area contributed by atoms with E-state index in [-0.39, 0.29) is 124 Å².